The molecule has 0 spiro atoms. The van der Waals surface area contributed by atoms with E-state index in [9.17, 15) is 9.59 Å². The number of likely N-dealkylation sites (N-methyl/N-ethyl adjacent to an activating group) is 1. The maximum absolute atomic E-state index is 13.1. The Morgan fingerprint density at radius 2 is 1.92 bits per heavy atom. The number of hydrogen-bond acceptors (Lipinski definition) is 3. The third-order valence-corrected chi connectivity index (χ3v) is 5.08. The number of furan rings is 1. The van der Waals surface area contributed by atoms with E-state index in [1.54, 1.807) is 11.9 Å². The minimum Gasteiger partial charge on any atom is -0.459 e. The summed E-state index contributed by atoms with van der Waals surface area (Å²) in [4.78, 5) is 26.8. The molecule has 1 aromatic heterocycles. The van der Waals surface area contributed by atoms with Gasteiger partial charge in [-0.05, 0) is 30.7 Å². The van der Waals surface area contributed by atoms with Gasteiger partial charge in [0.25, 0.3) is 0 Å². The van der Waals surface area contributed by atoms with Crippen molar-refractivity contribution < 1.29 is 14.0 Å². The van der Waals surface area contributed by atoms with Crippen LogP contribution in [0.3, 0.4) is 0 Å². The number of rotatable bonds is 3. The predicted octanol–water partition coefficient (Wildman–Crippen LogP) is 4.08. The highest BCUT2D eigenvalue weighted by Crippen LogP contribution is 2.35. The molecule has 0 bridgehead atoms. The summed E-state index contributed by atoms with van der Waals surface area (Å²) in [6.07, 6.45) is 0.160. The average Bonchev–Trinajstić information content (AvgIpc) is 3.09. The smallest absolute Gasteiger partial charge is 0.231 e. The number of benzene rings is 2. The predicted molar refractivity (Wildman–Crippen MR) is 99.8 cm³/mol. The normalized spacial score (nSPS) is 17.5. The van der Waals surface area contributed by atoms with Gasteiger partial charge in [-0.2, -0.15) is 0 Å². The summed E-state index contributed by atoms with van der Waals surface area (Å²) in [6, 6.07) is 17.0. The summed E-state index contributed by atoms with van der Waals surface area (Å²) in [7, 11) is 1.76. The van der Waals surface area contributed by atoms with Gasteiger partial charge in [-0.3, -0.25) is 9.59 Å². The van der Waals surface area contributed by atoms with Crippen molar-refractivity contribution in [3.8, 4) is 0 Å². The van der Waals surface area contributed by atoms with Crippen LogP contribution >= 0.6 is 0 Å². The molecule has 2 heterocycles. The number of carbonyl (C=O) groups is 2. The fraction of sp³-hybridized carbons (Fsp3) is 0.238. The highest BCUT2D eigenvalue weighted by molar-refractivity contribution is 6.01. The van der Waals surface area contributed by atoms with E-state index in [1.807, 2.05) is 61.5 Å². The molecular formula is C21H20N2O3. The zero-order valence-corrected chi connectivity index (χ0v) is 14.7. The zero-order chi connectivity index (χ0) is 18.3. The van der Waals surface area contributed by atoms with E-state index in [2.05, 4.69) is 5.32 Å². The van der Waals surface area contributed by atoms with E-state index in [-0.39, 0.29) is 24.3 Å². The SMILES string of the molecule is CC(c1cc2ccccc2o1)N(C)C(=O)C1CC(=O)Nc2ccccc21. The number of nitrogens with one attached hydrogen (secondary N) is 1. The highest BCUT2D eigenvalue weighted by atomic mass is 16.3. The van der Waals surface area contributed by atoms with E-state index >= 15 is 0 Å². The van der Waals surface area contributed by atoms with Crippen LogP contribution in [0.25, 0.3) is 11.0 Å². The number of hydrogen-bond donors (Lipinski definition) is 1. The Balaban J connectivity index is 1.62. The summed E-state index contributed by atoms with van der Waals surface area (Å²) in [5, 5.41) is 3.85. The molecule has 5 nitrogen and oxygen atoms in total. The third kappa shape index (κ3) is 2.75. The van der Waals surface area contributed by atoms with Gasteiger partial charge >= 0.3 is 0 Å². The zero-order valence-electron chi connectivity index (χ0n) is 14.7. The molecule has 0 radical (unpaired) electrons. The summed E-state index contributed by atoms with van der Waals surface area (Å²) in [6.45, 7) is 1.93. The molecular weight excluding hydrogens is 328 g/mol. The van der Waals surface area contributed by atoms with Gasteiger partial charge < -0.3 is 14.6 Å². The quantitative estimate of drug-likeness (QED) is 0.776. The van der Waals surface area contributed by atoms with Crippen molar-refractivity contribution in [3.05, 3.63) is 65.9 Å². The molecule has 2 unspecified atom stereocenters. The molecule has 0 fully saturated rings. The molecule has 0 saturated heterocycles. The van der Waals surface area contributed by atoms with Crippen molar-refractivity contribution in [1.29, 1.82) is 0 Å². The first-order valence-corrected chi connectivity index (χ1v) is 8.68. The lowest BCUT2D eigenvalue weighted by atomic mass is 9.89. The monoisotopic (exact) mass is 348 g/mol. The van der Waals surface area contributed by atoms with Crippen LogP contribution in [0.1, 0.15) is 36.6 Å². The number of anilines is 1. The third-order valence-electron chi connectivity index (χ3n) is 5.08. The van der Waals surface area contributed by atoms with Gasteiger partial charge in [-0.15, -0.1) is 0 Å². The number of nitrogens with zero attached hydrogens (tertiary/aromatic N) is 1. The molecule has 3 aromatic rings. The van der Waals surface area contributed by atoms with Crippen molar-refractivity contribution in [1.82, 2.24) is 4.90 Å². The molecule has 5 heteroatoms. The van der Waals surface area contributed by atoms with Crippen molar-refractivity contribution in [2.24, 2.45) is 0 Å². The number of para-hydroxylation sites is 2. The lowest BCUT2D eigenvalue weighted by Crippen LogP contribution is -2.37. The summed E-state index contributed by atoms with van der Waals surface area (Å²) >= 11 is 0. The van der Waals surface area contributed by atoms with Crippen LogP contribution in [0.5, 0.6) is 0 Å². The largest absolute Gasteiger partial charge is 0.459 e. The molecule has 26 heavy (non-hydrogen) atoms. The van der Waals surface area contributed by atoms with Crippen LogP contribution < -0.4 is 5.32 Å². The molecule has 2 aromatic carbocycles. The summed E-state index contributed by atoms with van der Waals surface area (Å²) in [5.74, 6) is 0.0412. The molecule has 132 valence electrons. The van der Waals surface area contributed by atoms with Crippen molar-refractivity contribution in [2.75, 3.05) is 12.4 Å². The Labute approximate surface area is 151 Å². The van der Waals surface area contributed by atoms with Gasteiger partial charge in [-0.25, -0.2) is 0 Å². The van der Waals surface area contributed by atoms with Gasteiger partial charge in [0.05, 0.1) is 12.0 Å². The topological polar surface area (TPSA) is 62.6 Å². The van der Waals surface area contributed by atoms with E-state index in [0.29, 0.717) is 5.69 Å². The minimum atomic E-state index is -0.475. The standard InChI is InChI=1S/C21H20N2O3/c1-13(19-11-14-7-3-6-10-18(14)26-19)23(2)21(25)16-12-20(24)22-17-9-5-4-8-15(16)17/h3-11,13,16H,12H2,1-2H3,(H,22,24). The Kier molecular flexibility index (Phi) is 3.99. The number of fused-ring (bicyclic) bond motifs is 2. The molecule has 0 saturated carbocycles. The highest BCUT2D eigenvalue weighted by Gasteiger charge is 2.34. The van der Waals surface area contributed by atoms with E-state index in [0.717, 1.165) is 22.3 Å². The lowest BCUT2D eigenvalue weighted by molar-refractivity contribution is -0.135. The van der Waals surface area contributed by atoms with Crippen molar-refractivity contribution in [3.63, 3.8) is 0 Å². The van der Waals surface area contributed by atoms with Gasteiger partial charge in [0.15, 0.2) is 0 Å². The lowest BCUT2D eigenvalue weighted by Gasteiger charge is -2.31. The van der Waals surface area contributed by atoms with Crippen molar-refractivity contribution >= 4 is 28.5 Å². The second kappa shape index (κ2) is 6.33. The minimum absolute atomic E-state index is 0.0831. The van der Waals surface area contributed by atoms with Crippen molar-refractivity contribution in [2.45, 2.75) is 25.3 Å². The Morgan fingerprint density at radius 1 is 1.19 bits per heavy atom. The second-order valence-electron chi connectivity index (χ2n) is 6.70. The van der Waals surface area contributed by atoms with Gasteiger partial charge in [0, 0.05) is 24.5 Å². The van der Waals surface area contributed by atoms with Crippen LogP contribution in [0.2, 0.25) is 0 Å². The molecule has 1 aliphatic rings. The van der Waals surface area contributed by atoms with E-state index < -0.39 is 5.92 Å². The van der Waals surface area contributed by atoms with Gasteiger partial charge in [-0.1, -0.05) is 36.4 Å². The maximum Gasteiger partial charge on any atom is 0.231 e. The number of amides is 2. The fourth-order valence-corrected chi connectivity index (χ4v) is 3.47. The molecule has 1 N–H and O–H groups in total. The molecule has 0 aliphatic carbocycles. The van der Waals surface area contributed by atoms with Crippen LogP contribution in [0.4, 0.5) is 5.69 Å². The molecule has 2 atom stereocenters. The number of carbonyl (C=O) groups excluding carboxylic acids is 2. The Morgan fingerprint density at radius 3 is 2.73 bits per heavy atom. The first-order chi connectivity index (χ1) is 12.5. The van der Waals surface area contributed by atoms with E-state index in [1.165, 1.54) is 0 Å². The average molecular weight is 348 g/mol. The fourth-order valence-electron chi connectivity index (χ4n) is 3.47. The van der Waals surface area contributed by atoms with Crippen LogP contribution in [0.15, 0.2) is 59.0 Å². The molecule has 1 aliphatic heterocycles. The second-order valence-corrected chi connectivity index (χ2v) is 6.70. The van der Waals surface area contributed by atoms with E-state index in [4.69, 9.17) is 4.42 Å². The molecule has 4 rings (SSSR count). The Hall–Kier alpha value is -3.08. The summed E-state index contributed by atoms with van der Waals surface area (Å²) < 4.78 is 5.91. The van der Waals surface area contributed by atoms with Crippen LogP contribution in [-0.4, -0.2) is 23.8 Å². The van der Waals surface area contributed by atoms with Crippen LogP contribution in [0, 0.1) is 0 Å². The van der Waals surface area contributed by atoms with Gasteiger partial charge in [0.2, 0.25) is 11.8 Å². The molecule has 2 amide bonds. The maximum atomic E-state index is 13.1. The van der Waals surface area contributed by atoms with Crippen LogP contribution in [-0.2, 0) is 9.59 Å². The Bertz CT molecular complexity index is 959. The first kappa shape index (κ1) is 16.4. The summed E-state index contributed by atoms with van der Waals surface area (Å²) in [5.41, 5.74) is 2.38. The van der Waals surface area contributed by atoms with Gasteiger partial charge in [0.1, 0.15) is 11.3 Å². The first-order valence-electron chi connectivity index (χ1n) is 8.68.